The number of carbonyl (C=O) groups excluding carboxylic acids is 1. The minimum Gasteiger partial charge on any atom is -0.344 e. The number of aromatic nitrogens is 4. The van der Waals surface area contributed by atoms with Crippen molar-refractivity contribution in [2.45, 2.75) is 18.9 Å². The van der Waals surface area contributed by atoms with Crippen LogP contribution in [0.5, 0.6) is 0 Å². The Bertz CT molecular complexity index is 875. The van der Waals surface area contributed by atoms with Crippen molar-refractivity contribution in [3.05, 3.63) is 72.1 Å². The SMILES string of the molecule is O=C(NC(CN1CCCC1)c1ccccc1)c1cccc(-n2cnnn2)c1. The first-order chi connectivity index (χ1) is 13.3. The third-order valence-electron chi connectivity index (χ3n) is 4.87. The third kappa shape index (κ3) is 4.20. The van der Waals surface area contributed by atoms with Crippen LogP contribution in [0.4, 0.5) is 0 Å². The molecule has 3 aromatic rings. The number of benzene rings is 2. The van der Waals surface area contributed by atoms with Crippen LogP contribution in [0.15, 0.2) is 60.9 Å². The predicted molar refractivity (Wildman–Crippen MR) is 101 cm³/mol. The summed E-state index contributed by atoms with van der Waals surface area (Å²) in [6.07, 6.45) is 3.96. The summed E-state index contributed by atoms with van der Waals surface area (Å²) in [5, 5.41) is 14.4. The average molecular weight is 362 g/mol. The van der Waals surface area contributed by atoms with Crippen LogP contribution in [0.25, 0.3) is 5.69 Å². The van der Waals surface area contributed by atoms with Crippen molar-refractivity contribution in [1.29, 1.82) is 0 Å². The van der Waals surface area contributed by atoms with Gasteiger partial charge >= 0.3 is 0 Å². The summed E-state index contributed by atoms with van der Waals surface area (Å²) in [6, 6.07) is 17.4. The number of hydrogen-bond donors (Lipinski definition) is 1. The van der Waals surface area contributed by atoms with Crippen LogP contribution in [-0.4, -0.2) is 50.6 Å². The van der Waals surface area contributed by atoms with Gasteiger partial charge in [0, 0.05) is 12.1 Å². The van der Waals surface area contributed by atoms with Crippen LogP contribution in [0.3, 0.4) is 0 Å². The van der Waals surface area contributed by atoms with Gasteiger partial charge in [0.05, 0.1) is 11.7 Å². The third-order valence-corrected chi connectivity index (χ3v) is 4.87. The maximum Gasteiger partial charge on any atom is 0.251 e. The number of rotatable bonds is 6. The van der Waals surface area contributed by atoms with Gasteiger partial charge < -0.3 is 10.2 Å². The Labute approximate surface area is 158 Å². The van der Waals surface area contributed by atoms with Crippen molar-refractivity contribution in [2.75, 3.05) is 19.6 Å². The predicted octanol–water partition coefficient (Wildman–Crippen LogP) is 2.23. The fourth-order valence-corrected chi connectivity index (χ4v) is 3.45. The van der Waals surface area contributed by atoms with Gasteiger partial charge in [0.2, 0.25) is 0 Å². The first-order valence-electron chi connectivity index (χ1n) is 9.21. The second-order valence-corrected chi connectivity index (χ2v) is 6.75. The van der Waals surface area contributed by atoms with Crippen LogP contribution in [-0.2, 0) is 0 Å². The van der Waals surface area contributed by atoms with Crippen molar-refractivity contribution >= 4 is 5.91 Å². The van der Waals surface area contributed by atoms with Crippen molar-refractivity contribution in [2.24, 2.45) is 0 Å². The van der Waals surface area contributed by atoms with E-state index in [0.29, 0.717) is 5.56 Å². The van der Waals surface area contributed by atoms with E-state index < -0.39 is 0 Å². The van der Waals surface area contributed by atoms with E-state index in [-0.39, 0.29) is 11.9 Å². The number of carbonyl (C=O) groups is 1. The largest absolute Gasteiger partial charge is 0.344 e. The molecule has 1 amide bonds. The number of hydrogen-bond acceptors (Lipinski definition) is 5. The van der Waals surface area contributed by atoms with Crippen LogP contribution >= 0.6 is 0 Å². The molecule has 1 atom stereocenters. The number of nitrogens with one attached hydrogen (secondary N) is 1. The summed E-state index contributed by atoms with van der Waals surface area (Å²) < 4.78 is 1.54. The summed E-state index contributed by atoms with van der Waals surface area (Å²) in [5.41, 5.74) is 2.46. The Morgan fingerprint density at radius 2 is 1.89 bits per heavy atom. The molecular formula is C20H22N6O. The van der Waals surface area contributed by atoms with E-state index in [4.69, 9.17) is 0 Å². The monoisotopic (exact) mass is 362 g/mol. The number of likely N-dealkylation sites (tertiary alicyclic amines) is 1. The molecule has 1 saturated heterocycles. The lowest BCUT2D eigenvalue weighted by Gasteiger charge is -2.25. The molecule has 1 aliphatic heterocycles. The Morgan fingerprint density at radius 3 is 2.63 bits per heavy atom. The van der Waals surface area contributed by atoms with E-state index >= 15 is 0 Å². The molecule has 2 aromatic carbocycles. The van der Waals surface area contributed by atoms with Gasteiger partial charge in [-0.15, -0.1) is 5.10 Å². The van der Waals surface area contributed by atoms with Crippen LogP contribution < -0.4 is 5.32 Å². The molecule has 2 heterocycles. The maximum absolute atomic E-state index is 12.9. The van der Waals surface area contributed by atoms with Gasteiger partial charge in [-0.25, -0.2) is 4.68 Å². The normalized spacial score (nSPS) is 15.6. The number of nitrogens with zero attached hydrogens (tertiary/aromatic N) is 5. The Hall–Kier alpha value is -3.06. The summed E-state index contributed by atoms with van der Waals surface area (Å²) >= 11 is 0. The molecule has 0 bridgehead atoms. The molecule has 1 aliphatic rings. The summed E-state index contributed by atoms with van der Waals surface area (Å²) in [7, 11) is 0. The number of amides is 1. The summed E-state index contributed by atoms with van der Waals surface area (Å²) in [4.78, 5) is 15.3. The first-order valence-corrected chi connectivity index (χ1v) is 9.21. The molecule has 138 valence electrons. The van der Waals surface area contributed by atoms with Crippen molar-refractivity contribution in [1.82, 2.24) is 30.4 Å². The molecule has 1 aromatic heterocycles. The zero-order chi connectivity index (χ0) is 18.5. The average Bonchev–Trinajstić information content (AvgIpc) is 3.42. The Balaban J connectivity index is 1.53. The van der Waals surface area contributed by atoms with Gasteiger partial charge in [-0.05, 0) is 60.1 Å². The van der Waals surface area contributed by atoms with Gasteiger partial charge in [0.1, 0.15) is 6.33 Å². The number of tetrazole rings is 1. The van der Waals surface area contributed by atoms with E-state index in [0.717, 1.165) is 30.9 Å². The standard InChI is InChI=1S/C20H22N6O/c27-20(17-9-6-10-18(13-17)26-15-21-23-24-26)22-19(14-25-11-4-5-12-25)16-7-2-1-3-8-16/h1-3,6-10,13,15,19H,4-5,11-12,14H2,(H,22,27). The highest BCUT2D eigenvalue weighted by Crippen LogP contribution is 2.19. The molecule has 7 heteroatoms. The van der Waals surface area contributed by atoms with Gasteiger partial charge in [0.25, 0.3) is 5.91 Å². The van der Waals surface area contributed by atoms with Crippen molar-refractivity contribution < 1.29 is 4.79 Å². The van der Waals surface area contributed by atoms with Crippen LogP contribution in [0, 0.1) is 0 Å². The van der Waals surface area contributed by atoms with E-state index in [1.165, 1.54) is 23.9 Å². The molecule has 1 N–H and O–H groups in total. The van der Waals surface area contributed by atoms with Crippen LogP contribution in [0.2, 0.25) is 0 Å². The lowest BCUT2D eigenvalue weighted by atomic mass is 10.1. The zero-order valence-corrected chi connectivity index (χ0v) is 15.0. The molecule has 1 unspecified atom stereocenters. The molecule has 0 radical (unpaired) electrons. The van der Waals surface area contributed by atoms with E-state index in [1.54, 1.807) is 12.1 Å². The topological polar surface area (TPSA) is 75.9 Å². The lowest BCUT2D eigenvalue weighted by Crippen LogP contribution is -2.37. The van der Waals surface area contributed by atoms with Gasteiger partial charge in [0.15, 0.2) is 0 Å². The fourth-order valence-electron chi connectivity index (χ4n) is 3.45. The smallest absolute Gasteiger partial charge is 0.251 e. The second-order valence-electron chi connectivity index (χ2n) is 6.75. The molecule has 0 aliphatic carbocycles. The fraction of sp³-hybridized carbons (Fsp3) is 0.300. The minimum atomic E-state index is -0.0991. The molecule has 4 rings (SSSR count). The molecule has 27 heavy (non-hydrogen) atoms. The highest BCUT2D eigenvalue weighted by atomic mass is 16.1. The lowest BCUT2D eigenvalue weighted by molar-refractivity contribution is 0.0927. The maximum atomic E-state index is 12.9. The highest BCUT2D eigenvalue weighted by molar-refractivity contribution is 5.95. The Morgan fingerprint density at radius 1 is 1.07 bits per heavy atom. The van der Waals surface area contributed by atoms with Gasteiger partial charge in [-0.1, -0.05) is 36.4 Å². The van der Waals surface area contributed by atoms with Crippen molar-refractivity contribution in [3.8, 4) is 5.69 Å². The molecule has 0 saturated carbocycles. The molecule has 7 nitrogen and oxygen atoms in total. The quantitative estimate of drug-likeness (QED) is 0.728. The molecule has 1 fully saturated rings. The first kappa shape index (κ1) is 17.4. The molecular weight excluding hydrogens is 340 g/mol. The molecule has 0 spiro atoms. The minimum absolute atomic E-state index is 0.0477. The summed E-state index contributed by atoms with van der Waals surface area (Å²) in [5.74, 6) is -0.0991. The van der Waals surface area contributed by atoms with Gasteiger partial charge in [-0.2, -0.15) is 0 Å². The second kappa shape index (κ2) is 8.09. The summed E-state index contributed by atoms with van der Waals surface area (Å²) in [6.45, 7) is 3.00. The van der Waals surface area contributed by atoms with Crippen molar-refractivity contribution in [3.63, 3.8) is 0 Å². The van der Waals surface area contributed by atoms with E-state index in [9.17, 15) is 4.79 Å². The Kier molecular flexibility index (Phi) is 5.20. The van der Waals surface area contributed by atoms with Gasteiger partial charge in [-0.3, -0.25) is 4.79 Å². The van der Waals surface area contributed by atoms with E-state index in [1.807, 2.05) is 30.3 Å². The van der Waals surface area contributed by atoms with Crippen LogP contribution in [0.1, 0.15) is 34.8 Å². The highest BCUT2D eigenvalue weighted by Gasteiger charge is 2.21. The zero-order valence-electron chi connectivity index (χ0n) is 15.0. The van der Waals surface area contributed by atoms with E-state index in [2.05, 4.69) is 37.9 Å².